The van der Waals surface area contributed by atoms with Crippen molar-refractivity contribution in [3.8, 4) is 0 Å². The van der Waals surface area contributed by atoms with Crippen LogP contribution in [0.3, 0.4) is 0 Å². The van der Waals surface area contributed by atoms with Gasteiger partial charge in [0.05, 0.1) is 19.8 Å². The smallest absolute Gasteiger partial charge is 0.463 e. The largest absolute Gasteiger partial charge is 0.532 e. The van der Waals surface area contributed by atoms with E-state index in [1.807, 2.05) is 0 Å². The Labute approximate surface area is 124 Å². The highest BCUT2D eigenvalue weighted by Crippen LogP contribution is 2.49. The van der Waals surface area contributed by atoms with Crippen LogP contribution in [0.2, 0.25) is 0 Å². The Morgan fingerprint density at radius 1 is 1.05 bits per heavy atom. The minimum Gasteiger partial charge on any atom is -0.463 e. The maximum absolute atomic E-state index is 12.2. The van der Waals surface area contributed by atoms with Gasteiger partial charge in [-0.15, -0.1) is 0 Å². The molecule has 0 spiro atoms. The number of ether oxygens (including phenoxy) is 2. The van der Waals surface area contributed by atoms with Gasteiger partial charge in [-0.25, -0.2) is 9.36 Å². The third kappa shape index (κ3) is 10.2. The van der Waals surface area contributed by atoms with Crippen molar-refractivity contribution in [2.24, 2.45) is 0 Å². The second-order valence-electron chi connectivity index (χ2n) is 3.81. The lowest BCUT2D eigenvalue weighted by molar-refractivity contribution is -0.142. The molecule has 0 aromatic carbocycles. The van der Waals surface area contributed by atoms with Crippen LogP contribution in [0.15, 0.2) is 12.2 Å². The number of hydrogen-bond donors (Lipinski definition) is 0. The summed E-state index contributed by atoms with van der Waals surface area (Å²) in [5.41, 5.74) is 0.0484. The third-order valence-corrected chi connectivity index (χ3v) is 3.25. The fraction of sp³-hybridized carbons (Fsp3) is 0.667. The lowest BCUT2D eigenvalue weighted by Crippen LogP contribution is -2.13. The van der Waals surface area contributed by atoms with E-state index in [-0.39, 0.29) is 32.0 Å². The molecule has 0 bridgehead atoms. The molecule has 21 heavy (non-hydrogen) atoms. The number of phosphoric ester groups is 1. The molecule has 0 aliphatic heterocycles. The second-order valence-corrected chi connectivity index (χ2v) is 5.40. The molecule has 0 saturated carbocycles. The molecule has 122 valence electrons. The van der Waals surface area contributed by atoms with Gasteiger partial charge >= 0.3 is 19.8 Å². The van der Waals surface area contributed by atoms with E-state index in [2.05, 4.69) is 15.8 Å². The summed E-state index contributed by atoms with van der Waals surface area (Å²) < 4.78 is 36.3. The molecule has 1 atom stereocenters. The van der Waals surface area contributed by atoms with Crippen LogP contribution in [0, 0.1) is 0 Å². The van der Waals surface area contributed by atoms with Gasteiger partial charge in [-0.3, -0.25) is 13.8 Å². The minimum atomic E-state index is -4.11. The van der Waals surface area contributed by atoms with E-state index < -0.39 is 19.8 Å². The van der Waals surface area contributed by atoms with Crippen molar-refractivity contribution in [1.29, 1.82) is 0 Å². The first kappa shape index (κ1) is 19.8. The number of carbonyl (C=O) groups excluding carboxylic acids is 2. The Bertz CT molecular complexity index is 406. The van der Waals surface area contributed by atoms with Gasteiger partial charge in [-0.1, -0.05) is 6.58 Å². The van der Waals surface area contributed by atoms with Crippen LogP contribution in [0.1, 0.15) is 20.8 Å². The maximum Gasteiger partial charge on any atom is 0.532 e. The summed E-state index contributed by atoms with van der Waals surface area (Å²) in [6, 6.07) is 0. The number of esters is 1. The average Bonchev–Trinajstić information content (AvgIpc) is 2.39. The molecule has 0 saturated heterocycles. The fourth-order valence-corrected chi connectivity index (χ4v) is 2.09. The Morgan fingerprint density at radius 3 is 2.10 bits per heavy atom. The van der Waals surface area contributed by atoms with Crippen LogP contribution in [-0.2, 0) is 37.2 Å². The van der Waals surface area contributed by atoms with Gasteiger partial charge in [0.25, 0.3) is 0 Å². The molecule has 1 unspecified atom stereocenters. The molecular weight excluding hydrogens is 303 g/mol. The van der Waals surface area contributed by atoms with Crippen molar-refractivity contribution in [3.05, 3.63) is 12.2 Å². The molecule has 9 heteroatoms. The van der Waals surface area contributed by atoms with Crippen LogP contribution >= 0.6 is 7.82 Å². The van der Waals surface area contributed by atoms with Gasteiger partial charge in [0, 0.05) is 19.1 Å². The third-order valence-electron chi connectivity index (χ3n) is 1.86. The van der Waals surface area contributed by atoms with Crippen molar-refractivity contribution in [2.45, 2.75) is 20.8 Å². The van der Waals surface area contributed by atoms with E-state index in [9.17, 15) is 14.2 Å². The number of rotatable bonds is 11. The zero-order valence-corrected chi connectivity index (χ0v) is 13.4. The van der Waals surface area contributed by atoms with E-state index in [1.54, 1.807) is 6.92 Å². The van der Waals surface area contributed by atoms with Gasteiger partial charge in [0.1, 0.15) is 6.61 Å². The molecule has 0 rings (SSSR count). The van der Waals surface area contributed by atoms with Crippen molar-refractivity contribution in [2.75, 3.05) is 33.0 Å². The summed E-state index contributed by atoms with van der Waals surface area (Å²) in [5.74, 6) is -1.41. The van der Waals surface area contributed by atoms with Gasteiger partial charge in [-0.2, -0.15) is 0 Å². The van der Waals surface area contributed by atoms with E-state index >= 15 is 0 Å². The van der Waals surface area contributed by atoms with Crippen molar-refractivity contribution < 1.29 is 37.2 Å². The van der Waals surface area contributed by atoms with E-state index in [0.29, 0.717) is 6.61 Å². The van der Waals surface area contributed by atoms with Crippen LogP contribution < -0.4 is 0 Å². The SMILES string of the molecule is C=C(C)C(=O)OP(=O)(OCCOCC)OCCOC(C)=O. The highest BCUT2D eigenvalue weighted by Gasteiger charge is 2.31. The van der Waals surface area contributed by atoms with Crippen LogP contribution in [0.4, 0.5) is 0 Å². The standard InChI is InChI=1S/C12H21O8P/c1-5-16-6-8-18-21(15,20-12(14)10(2)3)19-9-7-17-11(4)13/h2,5-9H2,1,3-4H3. The van der Waals surface area contributed by atoms with E-state index in [1.165, 1.54) is 13.8 Å². The average molecular weight is 324 g/mol. The molecule has 0 fully saturated rings. The van der Waals surface area contributed by atoms with Gasteiger partial charge in [0.15, 0.2) is 0 Å². The summed E-state index contributed by atoms with van der Waals surface area (Å²) in [7, 11) is -4.11. The van der Waals surface area contributed by atoms with Crippen molar-refractivity contribution >= 4 is 19.8 Å². The predicted molar refractivity (Wildman–Crippen MR) is 73.5 cm³/mol. The highest BCUT2D eigenvalue weighted by atomic mass is 31.2. The fourth-order valence-electron chi connectivity index (χ4n) is 0.956. The molecule has 0 aliphatic carbocycles. The first-order chi connectivity index (χ1) is 9.80. The summed E-state index contributed by atoms with van der Waals surface area (Å²) in [6.45, 7) is 7.94. The van der Waals surface area contributed by atoms with Crippen LogP contribution in [-0.4, -0.2) is 45.0 Å². The molecule has 0 amide bonds. The molecular formula is C12H21O8P. The quantitative estimate of drug-likeness (QED) is 0.246. The Kier molecular flexibility index (Phi) is 9.90. The zero-order valence-electron chi connectivity index (χ0n) is 12.5. The van der Waals surface area contributed by atoms with E-state index in [4.69, 9.17) is 13.8 Å². The number of phosphoric acid groups is 1. The second kappa shape index (κ2) is 10.5. The zero-order chi connectivity index (χ0) is 16.3. The molecule has 8 nitrogen and oxygen atoms in total. The molecule has 0 aliphatic rings. The van der Waals surface area contributed by atoms with Gasteiger partial charge < -0.3 is 14.0 Å². The minimum absolute atomic E-state index is 0.0484. The van der Waals surface area contributed by atoms with Crippen molar-refractivity contribution in [3.63, 3.8) is 0 Å². The number of hydrogen-bond acceptors (Lipinski definition) is 8. The lowest BCUT2D eigenvalue weighted by atomic mass is 10.4. The Balaban J connectivity index is 4.43. The molecule has 0 N–H and O–H groups in total. The van der Waals surface area contributed by atoms with Gasteiger partial charge in [-0.05, 0) is 13.8 Å². The molecule has 0 radical (unpaired) electrons. The van der Waals surface area contributed by atoms with Gasteiger partial charge in [0.2, 0.25) is 0 Å². The highest BCUT2D eigenvalue weighted by molar-refractivity contribution is 7.49. The topological polar surface area (TPSA) is 97.4 Å². The Morgan fingerprint density at radius 2 is 1.62 bits per heavy atom. The summed E-state index contributed by atoms with van der Waals surface area (Å²) >= 11 is 0. The summed E-state index contributed by atoms with van der Waals surface area (Å²) in [4.78, 5) is 22.0. The predicted octanol–water partition coefficient (Wildman–Crippen LogP) is 1.85. The van der Waals surface area contributed by atoms with Crippen molar-refractivity contribution in [1.82, 2.24) is 0 Å². The normalized spacial score (nSPS) is 13.3. The van der Waals surface area contributed by atoms with Crippen LogP contribution in [0.25, 0.3) is 0 Å². The molecule has 0 heterocycles. The monoisotopic (exact) mass is 324 g/mol. The van der Waals surface area contributed by atoms with E-state index in [0.717, 1.165) is 0 Å². The lowest BCUT2D eigenvalue weighted by Gasteiger charge is -2.17. The molecule has 0 aromatic heterocycles. The maximum atomic E-state index is 12.2. The first-order valence-corrected chi connectivity index (χ1v) is 7.76. The Hall–Kier alpha value is -1.21. The molecule has 0 aromatic rings. The summed E-state index contributed by atoms with van der Waals surface area (Å²) in [6.07, 6.45) is 0. The van der Waals surface area contributed by atoms with Crippen LogP contribution in [0.5, 0.6) is 0 Å². The number of carbonyl (C=O) groups is 2. The summed E-state index contributed by atoms with van der Waals surface area (Å²) in [5, 5.41) is 0. The first-order valence-electron chi connectivity index (χ1n) is 6.30.